The summed E-state index contributed by atoms with van der Waals surface area (Å²) in [7, 11) is -3.34. The van der Waals surface area contributed by atoms with Crippen LogP contribution in [0.3, 0.4) is 0 Å². The molecule has 19 heavy (non-hydrogen) atoms. The van der Waals surface area contributed by atoms with E-state index in [0.717, 1.165) is 11.4 Å². The third-order valence-corrected chi connectivity index (χ3v) is 6.48. The molecule has 0 aliphatic heterocycles. The average molecular weight is 302 g/mol. The Hall–Kier alpha value is -0.430. The summed E-state index contributed by atoms with van der Waals surface area (Å²) < 4.78 is 26.5. The number of hydrogen-bond acceptors (Lipinski definition) is 4. The highest BCUT2D eigenvalue weighted by Crippen LogP contribution is 2.25. The van der Waals surface area contributed by atoms with Crippen LogP contribution < -0.4 is 5.32 Å². The molecule has 1 fully saturated rings. The molecule has 0 aromatic carbocycles. The van der Waals surface area contributed by atoms with Gasteiger partial charge >= 0.3 is 0 Å². The zero-order valence-electron chi connectivity index (χ0n) is 11.7. The number of sulfonamides is 1. The van der Waals surface area contributed by atoms with Crippen molar-refractivity contribution in [2.24, 2.45) is 0 Å². The smallest absolute Gasteiger partial charge is 0.244 e. The first-order chi connectivity index (χ1) is 8.95. The normalized spacial score (nSPS) is 16.5. The maximum absolute atomic E-state index is 12.5. The van der Waals surface area contributed by atoms with Gasteiger partial charge in [-0.3, -0.25) is 0 Å². The van der Waals surface area contributed by atoms with E-state index in [1.165, 1.54) is 28.5 Å². The molecule has 0 unspecified atom stereocenters. The summed E-state index contributed by atoms with van der Waals surface area (Å²) in [5.74, 6) is 0. The van der Waals surface area contributed by atoms with Crippen LogP contribution in [0, 0.1) is 0 Å². The number of thiophene rings is 1. The van der Waals surface area contributed by atoms with Crippen LogP contribution in [-0.2, 0) is 16.6 Å². The zero-order chi connectivity index (χ0) is 14.0. The summed E-state index contributed by atoms with van der Waals surface area (Å²) in [6.07, 6.45) is 2.49. The van der Waals surface area contributed by atoms with E-state index in [-0.39, 0.29) is 6.04 Å². The quantitative estimate of drug-likeness (QED) is 0.841. The highest BCUT2D eigenvalue weighted by atomic mass is 32.2. The number of rotatable bonds is 7. The molecule has 6 heteroatoms. The predicted molar refractivity (Wildman–Crippen MR) is 78.9 cm³/mol. The summed E-state index contributed by atoms with van der Waals surface area (Å²) in [6.45, 7) is 6.97. The molecule has 0 saturated heterocycles. The first kappa shape index (κ1) is 15.0. The number of nitrogens with one attached hydrogen (secondary N) is 1. The van der Waals surface area contributed by atoms with Crippen LogP contribution in [0.4, 0.5) is 0 Å². The highest BCUT2D eigenvalue weighted by molar-refractivity contribution is 7.89. The minimum Gasteiger partial charge on any atom is -0.309 e. The van der Waals surface area contributed by atoms with Gasteiger partial charge in [0.1, 0.15) is 0 Å². The van der Waals surface area contributed by atoms with Crippen molar-refractivity contribution in [3.05, 3.63) is 16.3 Å². The maximum atomic E-state index is 12.5. The molecular weight excluding hydrogens is 280 g/mol. The minimum absolute atomic E-state index is 0.0112. The van der Waals surface area contributed by atoms with E-state index in [2.05, 4.69) is 5.32 Å². The third-order valence-electron chi connectivity index (χ3n) is 3.27. The molecule has 4 nitrogen and oxygen atoms in total. The van der Waals surface area contributed by atoms with E-state index < -0.39 is 10.0 Å². The van der Waals surface area contributed by atoms with Crippen molar-refractivity contribution in [2.45, 2.75) is 57.1 Å². The first-order valence-electron chi connectivity index (χ1n) is 6.77. The number of nitrogens with zero attached hydrogens (tertiary/aromatic N) is 1. The van der Waals surface area contributed by atoms with E-state index in [1.54, 1.807) is 11.4 Å². The Morgan fingerprint density at radius 1 is 1.47 bits per heavy atom. The molecule has 1 aromatic heterocycles. The lowest BCUT2D eigenvalue weighted by molar-refractivity contribution is 0.369. The van der Waals surface area contributed by atoms with Gasteiger partial charge in [-0.1, -0.05) is 6.92 Å². The summed E-state index contributed by atoms with van der Waals surface area (Å²) in [5.41, 5.74) is 0. The SMILES string of the molecule is CCN(C(C)C)S(=O)(=O)c1csc(CNC2CC2)c1. The van der Waals surface area contributed by atoms with Gasteiger partial charge in [0.15, 0.2) is 0 Å². The lowest BCUT2D eigenvalue weighted by Gasteiger charge is -2.23. The van der Waals surface area contributed by atoms with Gasteiger partial charge in [-0.2, -0.15) is 4.31 Å². The summed E-state index contributed by atoms with van der Waals surface area (Å²) >= 11 is 1.52. The van der Waals surface area contributed by atoms with Crippen LogP contribution in [0.2, 0.25) is 0 Å². The van der Waals surface area contributed by atoms with Crippen molar-refractivity contribution < 1.29 is 8.42 Å². The molecule has 108 valence electrons. The van der Waals surface area contributed by atoms with E-state index in [1.807, 2.05) is 20.8 Å². The summed E-state index contributed by atoms with van der Waals surface area (Å²) in [5, 5.41) is 5.16. The van der Waals surface area contributed by atoms with Gasteiger partial charge in [0, 0.05) is 35.4 Å². The molecule has 1 aliphatic carbocycles. The average Bonchev–Trinajstić information content (AvgIpc) is 3.03. The first-order valence-corrected chi connectivity index (χ1v) is 9.09. The lowest BCUT2D eigenvalue weighted by atomic mass is 10.4. The minimum atomic E-state index is -3.34. The standard InChI is InChI=1S/C13H22N2O2S2/c1-4-15(10(2)3)19(16,17)13-7-12(18-9-13)8-14-11-5-6-11/h7,9-11,14H,4-6,8H2,1-3H3. The Labute approximate surface area is 119 Å². The van der Waals surface area contributed by atoms with Crippen LogP contribution in [0.1, 0.15) is 38.5 Å². The van der Waals surface area contributed by atoms with Gasteiger partial charge in [0.2, 0.25) is 10.0 Å². The van der Waals surface area contributed by atoms with Gasteiger partial charge in [0.25, 0.3) is 0 Å². The van der Waals surface area contributed by atoms with E-state index in [4.69, 9.17) is 0 Å². The Kier molecular flexibility index (Phi) is 4.66. The van der Waals surface area contributed by atoms with Gasteiger partial charge in [-0.15, -0.1) is 11.3 Å². The lowest BCUT2D eigenvalue weighted by Crippen LogP contribution is -2.36. The molecule has 0 atom stereocenters. The molecular formula is C13H22N2O2S2. The second-order valence-corrected chi connectivity index (χ2v) is 8.09. The van der Waals surface area contributed by atoms with Crippen molar-refractivity contribution in [2.75, 3.05) is 6.54 Å². The second kappa shape index (κ2) is 5.91. The molecule has 1 aliphatic rings. The van der Waals surface area contributed by atoms with Gasteiger partial charge in [0.05, 0.1) is 4.90 Å². The predicted octanol–water partition coefficient (Wildman–Crippen LogP) is 2.42. The van der Waals surface area contributed by atoms with Crippen molar-refractivity contribution >= 4 is 21.4 Å². The van der Waals surface area contributed by atoms with Crippen molar-refractivity contribution in [1.82, 2.24) is 9.62 Å². The van der Waals surface area contributed by atoms with Crippen molar-refractivity contribution in [1.29, 1.82) is 0 Å². The van der Waals surface area contributed by atoms with Crippen LogP contribution >= 0.6 is 11.3 Å². The highest BCUT2D eigenvalue weighted by Gasteiger charge is 2.27. The Morgan fingerprint density at radius 2 is 2.16 bits per heavy atom. The fraction of sp³-hybridized carbons (Fsp3) is 0.692. The van der Waals surface area contributed by atoms with Crippen molar-refractivity contribution in [3.8, 4) is 0 Å². The monoisotopic (exact) mass is 302 g/mol. The van der Waals surface area contributed by atoms with E-state index in [0.29, 0.717) is 17.5 Å². The Balaban J connectivity index is 2.10. The van der Waals surface area contributed by atoms with Gasteiger partial charge < -0.3 is 5.32 Å². The third kappa shape index (κ3) is 3.56. The maximum Gasteiger partial charge on any atom is 0.244 e. The Bertz CT molecular complexity index is 519. The summed E-state index contributed by atoms with van der Waals surface area (Å²) in [4.78, 5) is 1.52. The van der Waals surface area contributed by atoms with Crippen LogP contribution in [-0.4, -0.2) is 31.4 Å². The summed E-state index contributed by atoms with van der Waals surface area (Å²) in [6, 6.07) is 2.44. The molecule has 1 saturated carbocycles. The fourth-order valence-corrected chi connectivity index (χ4v) is 4.93. The van der Waals surface area contributed by atoms with Gasteiger partial charge in [-0.05, 0) is 32.8 Å². The van der Waals surface area contributed by atoms with Crippen molar-refractivity contribution in [3.63, 3.8) is 0 Å². The molecule has 1 aromatic rings. The molecule has 2 rings (SSSR count). The molecule has 0 radical (unpaired) electrons. The Morgan fingerprint density at radius 3 is 2.68 bits per heavy atom. The molecule has 0 spiro atoms. The van der Waals surface area contributed by atoms with Crippen LogP contribution in [0.25, 0.3) is 0 Å². The van der Waals surface area contributed by atoms with Crippen LogP contribution in [0.15, 0.2) is 16.3 Å². The molecule has 0 bridgehead atoms. The van der Waals surface area contributed by atoms with E-state index in [9.17, 15) is 8.42 Å². The van der Waals surface area contributed by atoms with Crippen LogP contribution in [0.5, 0.6) is 0 Å². The fourth-order valence-electron chi connectivity index (χ4n) is 2.07. The molecule has 0 amide bonds. The largest absolute Gasteiger partial charge is 0.309 e. The van der Waals surface area contributed by atoms with Gasteiger partial charge in [-0.25, -0.2) is 8.42 Å². The van der Waals surface area contributed by atoms with E-state index >= 15 is 0 Å². The second-order valence-electron chi connectivity index (χ2n) is 5.21. The molecule has 1 heterocycles. The topological polar surface area (TPSA) is 49.4 Å². The number of hydrogen-bond donors (Lipinski definition) is 1. The molecule has 1 N–H and O–H groups in total. The zero-order valence-corrected chi connectivity index (χ0v) is 13.4.